The van der Waals surface area contributed by atoms with Crippen molar-refractivity contribution in [3.8, 4) is 0 Å². The van der Waals surface area contributed by atoms with Gasteiger partial charge in [0.25, 0.3) is 0 Å². The Bertz CT molecular complexity index is 708. The Kier molecular flexibility index (Phi) is 6.17. The van der Waals surface area contributed by atoms with Crippen LogP contribution in [-0.4, -0.2) is 37.1 Å². The van der Waals surface area contributed by atoms with Crippen LogP contribution in [0.25, 0.3) is 11.0 Å². The molecule has 2 amide bonds. The van der Waals surface area contributed by atoms with Gasteiger partial charge in [0.15, 0.2) is 0 Å². The number of carbonyl (C=O) groups excluding carboxylic acids is 1. The third-order valence-corrected chi connectivity index (χ3v) is 3.76. The highest BCUT2D eigenvalue weighted by Gasteiger charge is 2.07. The first-order valence-corrected chi connectivity index (χ1v) is 7.89. The number of urea groups is 1. The van der Waals surface area contributed by atoms with Crippen LogP contribution >= 0.6 is 0 Å². The number of amides is 2. The van der Waals surface area contributed by atoms with Gasteiger partial charge in [-0.25, -0.2) is 9.59 Å². The number of carbonyl (C=O) groups is 1. The largest absolute Gasteiger partial charge is 0.422 e. The Morgan fingerprint density at radius 3 is 2.65 bits per heavy atom. The smallest absolute Gasteiger partial charge is 0.341 e. The third kappa shape index (κ3) is 4.82. The fourth-order valence-electron chi connectivity index (χ4n) is 2.33. The SMILES string of the molecule is CCN(CC)CCNC(=O)NCc1cc2ccccc2oc1=O. The Morgan fingerprint density at radius 2 is 1.91 bits per heavy atom. The van der Waals surface area contributed by atoms with Gasteiger partial charge in [-0.3, -0.25) is 0 Å². The Balaban J connectivity index is 1.87. The lowest BCUT2D eigenvalue weighted by molar-refractivity contribution is 0.236. The van der Waals surface area contributed by atoms with E-state index < -0.39 is 5.63 Å². The predicted octanol–water partition coefficient (Wildman–Crippen LogP) is 1.93. The summed E-state index contributed by atoms with van der Waals surface area (Å²) < 4.78 is 5.23. The van der Waals surface area contributed by atoms with Crippen molar-refractivity contribution in [2.75, 3.05) is 26.2 Å². The summed E-state index contributed by atoms with van der Waals surface area (Å²) in [4.78, 5) is 25.9. The number of rotatable bonds is 7. The van der Waals surface area contributed by atoms with E-state index in [-0.39, 0.29) is 12.6 Å². The molecule has 124 valence electrons. The van der Waals surface area contributed by atoms with Gasteiger partial charge in [0, 0.05) is 18.5 Å². The molecule has 0 spiro atoms. The molecule has 0 saturated carbocycles. The van der Waals surface area contributed by atoms with Crippen molar-refractivity contribution < 1.29 is 9.21 Å². The molecule has 23 heavy (non-hydrogen) atoms. The molecule has 1 aromatic carbocycles. The van der Waals surface area contributed by atoms with E-state index in [4.69, 9.17) is 4.42 Å². The van der Waals surface area contributed by atoms with E-state index in [0.717, 1.165) is 25.0 Å². The van der Waals surface area contributed by atoms with Gasteiger partial charge in [0.05, 0.1) is 12.1 Å². The first-order chi connectivity index (χ1) is 11.1. The Labute approximate surface area is 135 Å². The molecular weight excluding hydrogens is 294 g/mol. The highest BCUT2D eigenvalue weighted by Crippen LogP contribution is 2.12. The van der Waals surface area contributed by atoms with Crippen molar-refractivity contribution >= 4 is 17.0 Å². The quantitative estimate of drug-likeness (QED) is 0.765. The van der Waals surface area contributed by atoms with Crippen molar-refractivity contribution in [3.63, 3.8) is 0 Å². The number of benzene rings is 1. The van der Waals surface area contributed by atoms with Gasteiger partial charge >= 0.3 is 11.7 Å². The molecule has 0 fully saturated rings. The fraction of sp³-hybridized carbons (Fsp3) is 0.412. The van der Waals surface area contributed by atoms with Crippen molar-refractivity contribution in [3.05, 3.63) is 46.3 Å². The summed E-state index contributed by atoms with van der Waals surface area (Å²) >= 11 is 0. The highest BCUT2D eigenvalue weighted by molar-refractivity contribution is 5.77. The molecule has 0 unspecified atom stereocenters. The minimum absolute atomic E-state index is 0.143. The van der Waals surface area contributed by atoms with Crippen LogP contribution in [0.3, 0.4) is 0 Å². The van der Waals surface area contributed by atoms with Crippen molar-refractivity contribution in [2.45, 2.75) is 20.4 Å². The van der Waals surface area contributed by atoms with Gasteiger partial charge in [0.1, 0.15) is 5.58 Å². The standard InChI is InChI=1S/C17H23N3O3/c1-3-20(4-2)10-9-18-17(22)19-12-14-11-13-7-5-6-8-15(13)23-16(14)21/h5-8,11H,3-4,9-10,12H2,1-2H3,(H2,18,19,22). The molecule has 1 aromatic heterocycles. The maximum Gasteiger partial charge on any atom is 0.341 e. The first kappa shape index (κ1) is 17.0. The maximum absolute atomic E-state index is 11.9. The molecule has 0 aliphatic heterocycles. The van der Waals surface area contributed by atoms with E-state index in [9.17, 15) is 9.59 Å². The summed E-state index contributed by atoms with van der Waals surface area (Å²) in [7, 11) is 0. The van der Waals surface area contributed by atoms with E-state index in [0.29, 0.717) is 17.7 Å². The number of fused-ring (bicyclic) bond motifs is 1. The molecule has 0 aliphatic carbocycles. The average Bonchev–Trinajstić information content (AvgIpc) is 2.57. The molecule has 0 bridgehead atoms. The zero-order valence-electron chi connectivity index (χ0n) is 13.6. The minimum atomic E-state index is -0.424. The van der Waals surface area contributed by atoms with Crippen molar-refractivity contribution in [2.24, 2.45) is 0 Å². The lowest BCUT2D eigenvalue weighted by Gasteiger charge is -2.18. The molecule has 2 N–H and O–H groups in total. The second kappa shape index (κ2) is 8.33. The van der Waals surface area contributed by atoms with Gasteiger partial charge in [-0.15, -0.1) is 0 Å². The lowest BCUT2D eigenvalue weighted by Crippen LogP contribution is -2.40. The number of nitrogens with zero attached hydrogens (tertiary/aromatic N) is 1. The molecule has 6 nitrogen and oxygen atoms in total. The maximum atomic E-state index is 11.9. The van der Waals surface area contributed by atoms with E-state index in [1.54, 1.807) is 12.1 Å². The van der Waals surface area contributed by atoms with Gasteiger partial charge in [-0.05, 0) is 25.2 Å². The second-order valence-electron chi connectivity index (χ2n) is 5.23. The molecule has 2 aromatic rings. The Morgan fingerprint density at radius 1 is 1.17 bits per heavy atom. The van der Waals surface area contributed by atoms with Gasteiger partial charge < -0.3 is 20.0 Å². The second-order valence-corrected chi connectivity index (χ2v) is 5.23. The molecule has 1 heterocycles. The van der Waals surface area contributed by atoms with Crippen LogP contribution in [-0.2, 0) is 6.54 Å². The third-order valence-electron chi connectivity index (χ3n) is 3.76. The molecule has 6 heteroatoms. The van der Waals surface area contributed by atoms with Crippen LogP contribution < -0.4 is 16.3 Å². The molecular formula is C17H23N3O3. The van der Waals surface area contributed by atoms with Gasteiger partial charge in [-0.2, -0.15) is 0 Å². The van der Waals surface area contributed by atoms with Gasteiger partial charge in [0.2, 0.25) is 0 Å². The molecule has 0 atom stereocenters. The van der Waals surface area contributed by atoms with Crippen LogP contribution in [0.5, 0.6) is 0 Å². The zero-order valence-corrected chi connectivity index (χ0v) is 13.6. The zero-order chi connectivity index (χ0) is 16.7. The highest BCUT2D eigenvalue weighted by atomic mass is 16.4. The first-order valence-electron chi connectivity index (χ1n) is 7.89. The summed E-state index contributed by atoms with van der Waals surface area (Å²) in [5.41, 5.74) is 0.555. The van der Waals surface area contributed by atoms with Crippen molar-refractivity contribution in [1.29, 1.82) is 0 Å². The van der Waals surface area contributed by atoms with Crippen LogP contribution in [0.4, 0.5) is 4.79 Å². The molecule has 0 saturated heterocycles. The summed E-state index contributed by atoms with van der Waals surface area (Å²) in [5, 5.41) is 6.31. The monoisotopic (exact) mass is 317 g/mol. The fourth-order valence-corrected chi connectivity index (χ4v) is 2.33. The minimum Gasteiger partial charge on any atom is -0.422 e. The molecule has 2 rings (SSSR count). The van der Waals surface area contributed by atoms with E-state index in [2.05, 4.69) is 29.4 Å². The van der Waals surface area contributed by atoms with Crippen LogP contribution in [0.2, 0.25) is 0 Å². The topological polar surface area (TPSA) is 74.6 Å². The predicted molar refractivity (Wildman–Crippen MR) is 90.5 cm³/mol. The average molecular weight is 317 g/mol. The number of para-hydroxylation sites is 1. The number of hydrogen-bond acceptors (Lipinski definition) is 4. The lowest BCUT2D eigenvalue weighted by atomic mass is 10.2. The van der Waals surface area contributed by atoms with Crippen LogP contribution in [0.1, 0.15) is 19.4 Å². The van der Waals surface area contributed by atoms with Crippen molar-refractivity contribution in [1.82, 2.24) is 15.5 Å². The van der Waals surface area contributed by atoms with Gasteiger partial charge in [-0.1, -0.05) is 32.0 Å². The normalized spacial score (nSPS) is 10.9. The number of hydrogen-bond donors (Lipinski definition) is 2. The number of likely N-dealkylation sites (N-methyl/N-ethyl adjacent to an activating group) is 1. The summed E-state index contributed by atoms with van der Waals surface area (Å²) in [6.45, 7) is 7.60. The van der Waals surface area contributed by atoms with E-state index >= 15 is 0 Å². The summed E-state index contributed by atoms with van der Waals surface area (Å²) in [6.07, 6.45) is 0. The van der Waals surface area contributed by atoms with E-state index in [1.807, 2.05) is 18.2 Å². The summed E-state index contributed by atoms with van der Waals surface area (Å²) in [5.74, 6) is 0. The van der Waals surface area contributed by atoms with Crippen LogP contribution in [0.15, 0.2) is 39.5 Å². The van der Waals surface area contributed by atoms with E-state index in [1.165, 1.54) is 0 Å². The summed E-state index contributed by atoms with van der Waals surface area (Å²) in [6, 6.07) is 8.76. The Hall–Kier alpha value is -2.34. The molecule has 0 radical (unpaired) electrons. The van der Waals surface area contributed by atoms with Crippen LogP contribution in [0, 0.1) is 0 Å². The molecule has 0 aliphatic rings. The number of nitrogens with one attached hydrogen (secondary N) is 2.